The van der Waals surface area contributed by atoms with Gasteiger partial charge in [0.05, 0.1) is 34.0 Å². The number of imidazole rings is 1. The van der Waals surface area contributed by atoms with Gasteiger partial charge in [-0.15, -0.1) is 10.5 Å². The number of hydrogen-bond acceptors (Lipinski definition) is 5. The molecule has 3 aromatic heterocycles. The third-order valence-corrected chi connectivity index (χ3v) is 7.40. The van der Waals surface area contributed by atoms with Gasteiger partial charge >= 0.3 is 0 Å². The standard InChI is InChI=1S/C21H26ClFN4O2S/c1-6-30(21(3,4)5)17-10-27-15(13-7-14(22)20(24)26-19(13)23)9-25-18(27)8-16(17)29-12(2)11-28/h6-10,12,28H,11H2,1-5H3,(H2,24,26)/t12-,30?/m1/s1. The van der Waals surface area contributed by atoms with Gasteiger partial charge in [-0.05, 0) is 19.9 Å². The van der Waals surface area contributed by atoms with Crippen molar-refractivity contribution < 1.29 is 14.2 Å². The van der Waals surface area contributed by atoms with Crippen LogP contribution in [0.15, 0.2) is 29.4 Å². The fourth-order valence-corrected chi connectivity index (χ4v) is 5.48. The smallest absolute Gasteiger partial charge is 0.224 e. The summed E-state index contributed by atoms with van der Waals surface area (Å²) < 4.78 is 22.3. The van der Waals surface area contributed by atoms with Crippen molar-refractivity contribution in [3.8, 4) is 17.0 Å². The van der Waals surface area contributed by atoms with Crippen molar-refractivity contribution in [1.82, 2.24) is 14.4 Å². The van der Waals surface area contributed by atoms with Crippen LogP contribution in [0.1, 0.15) is 34.6 Å². The molecule has 2 atom stereocenters. The molecule has 0 fully saturated rings. The number of aromatic nitrogens is 3. The number of ether oxygens (including phenoxy) is 1. The number of anilines is 1. The first-order valence-corrected chi connectivity index (χ1v) is 11.2. The molecule has 0 amide bonds. The highest BCUT2D eigenvalue weighted by atomic mass is 35.5. The molecule has 0 aromatic carbocycles. The third-order valence-electron chi connectivity index (χ3n) is 4.53. The molecule has 3 N–H and O–H groups in total. The first kappa shape index (κ1) is 22.5. The van der Waals surface area contributed by atoms with E-state index in [4.69, 9.17) is 22.1 Å². The number of nitrogens with two attached hydrogens (primary N) is 1. The van der Waals surface area contributed by atoms with E-state index in [2.05, 4.69) is 36.1 Å². The highest BCUT2D eigenvalue weighted by molar-refractivity contribution is 8.16. The maximum atomic E-state index is 14.6. The largest absolute Gasteiger partial charge is 0.487 e. The Morgan fingerprint density at radius 2 is 2.10 bits per heavy atom. The van der Waals surface area contributed by atoms with Crippen LogP contribution in [0.5, 0.6) is 5.75 Å². The van der Waals surface area contributed by atoms with Crippen LogP contribution in [0.25, 0.3) is 16.9 Å². The van der Waals surface area contributed by atoms with Crippen LogP contribution in [0.3, 0.4) is 0 Å². The summed E-state index contributed by atoms with van der Waals surface area (Å²) in [6, 6.07) is 3.26. The Bertz CT molecular complexity index is 1120. The maximum absolute atomic E-state index is 14.6. The molecule has 0 aliphatic heterocycles. The van der Waals surface area contributed by atoms with Gasteiger partial charge in [-0.1, -0.05) is 37.7 Å². The van der Waals surface area contributed by atoms with Crippen molar-refractivity contribution >= 4 is 38.9 Å². The lowest BCUT2D eigenvalue weighted by molar-refractivity contribution is 0.127. The Morgan fingerprint density at radius 3 is 2.70 bits per heavy atom. The fraction of sp³-hybridized carbons (Fsp3) is 0.381. The Morgan fingerprint density at radius 1 is 1.40 bits per heavy atom. The normalized spacial score (nSPS) is 14.3. The molecule has 0 saturated heterocycles. The van der Waals surface area contributed by atoms with Gasteiger partial charge in [0.2, 0.25) is 5.95 Å². The number of rotatable bonds is 5. The molecule has 0 bridgehead atoms. The minimum atomic E-state index is -0.716. The van der Waals surface area contributed by atoms with Gasteiger partial charge in [0, 0.05) is 17.0 Å². The van der Waals surface area contributed by atoms with Crippen molar-refractivity contribution in [1.29, 1.82) is 0 Å². The van der Waals surface area contributed by atoms with Gasteiger partial charge in [0.25, 0.3) is 0 Å². The summed E-state index contributed by atoms with van der Waals surface area (Å²) in [4.78, 5) is 9.05. The monoisotopic (exact) mass is 452 g/mol. The number of nitrogen functional groups attached to an aromatic ring is 1. The van der Waals surface area contributed by atoms with Gasteiger partial charge in [0.1, 0.15) is 23.3 Å². The topological polar surface area (TPSA) is 85.7 Å². The molecule has 0 radical (unpaired) electrons. The minimum Gasteiger partial charge on any atom is -0.487 e. The third kappa shape index (κ3) is 4.31. The Kier molecular flexibility index (Phi) is 6.40. The van der Waals surface area contributed by atoms with Gasteiger partial charge < -0.3 is 15.6 Å². The zero-order valence-corrected chi connectivity index (χ0v) is 19.2. The van der Waals surface area contributed by atoms with Crippen molar-refractivity contribution in [2.45, 2.75) is 50.4 Å². The van der Waals surface area contributed by atoms with Gasteiger partial charge in [0.15, 0.2) is 0 Å². The van der Waals surface area contributed by atoms with E-state index >= 15 is 0 Å². The van der Waals surface area contributed by atoms with Crippen LogP contribution < -0.4 is 10.5 Å². The van der Waals surface area contributed by atoms with Gasteiger partial charge in [-0.2, -0.15) is 4.39 Å². The van der Waals surface area contributed by atoms with Gasteiger partial charge in [-0.25, -0.2) is 9.97 Å². The highest BCUT2D eigenvalue weighted by Gasteiger charge is 2.23. The summed E-state index contributed by atoms with van der Waals surface area (Å²) >= 11 is 6.09. The maximum Gasteiger partial charge on any atom is 0.224 e. The molecule has 3 aromatic rings. The summed E-state index contributed by atoms with van der Waals surface area (Å²) in [5, 5.41) is 11.8. The molecule has 9 heteroatoms. The molecule has 30 heavy (non-hydrogen) atoms. The van der Waals surface area contributed by atoms with E-state index in [1.54, 1.807) is 17.5 Å². The lowest BCUT2D eigenvalue weighted by atomic mass is 10.2. The quantitative estimate of drug-likeness (QED) is 0.429. The van der Waals surface area contributed by atoms with Crippen LogP contribution in [0, 0.1) is 5.95 Å². The van der Waals surface area contributed by atoms with Crippen LogP contribution in [-0.4, -0.2) is 42.3 Å². The first-order chi connectivity index (χ1) is 14.1. The molecule has 0 saturated carbocycles. The van der Waals surface area contributed by atoms with Crippen molar-refractivity contribution in [2.24, 2.45) is 0 Å². The summed E-state index contributed by atoms with van der Waals surface area (Å²) in [5.41, 5.74) is 6.91. The summed E-state index contributed by atoms with van der Waals surface area (Å²) in [6.07, 6.45) is 3.10. The summed E-state index contributed by atoms with van der Waals surface area (Å²) in [7, 11) is -0.296. The molecular formula is C21H26ClFN4O2S. The van der Waals surface area contributed by atoms with Crippen molar-refractivity contribution in [2.75, 3.05) is 12.3 Å². The number of nitrogens with zero attached hydrogens (tertiary/aromatic N) is 3. The second-order valence-electron chi connectivity index (χ2n) is 7.86. The highest BCUT2D eigenvalue weighted by Crippen LogP contribution is 2.45. The van der Waals surface area contributed by atoms with Crippen molar-refractivity contribution in [3.63, 3.8) is 0 Å². The zero-order chi connectivity index (χ0) is 22.2. The summed E-state index contributed by atoms with van der Waals surface area (Å²) in [5.74, 6) is -0.131. The molecular weight excluding hydrogens is 427 g/mol. The molecule has 3 heterocycles. The minimum absolute atomic E-state index is 0.0593. The van der Waals surface area contributed by atoms with Gasteiger partial charge in [-0.3, -0.25) is 4.40 Å². The molecule has 0 spiro atoms. The average Bonchev–Trinajstić information content (AvgIpc) is 3.06. The van der Waals surface area contributed by atoms with E-state index in [1.807, 2.05) is 19.2 Å². The first-order valence-electron chi connectivity index (χ1n) is 9.50. The van der Waals surface area contributed by atoms with Crippen molar-refractivity contribution in [3.05, 3.63) is 35.5 Å². The molecule has 6 nitrogen and oxygen atoms in total. The average molecular weight is 453 g/mol. The van der Waals surface area contributed by atoms with Crippen LogP contribution >= 0.6 is 22.1 Å². The van der Waals surface area contributed by atoms with E-state index in [9.17, 15) is 9.50 Å². The number of pyridine rings is 2. The van der Waals surface area contributed by atoms with E-state index in [1.165, 1.54) is 6.07 Å². The molecule has 162 valence electrons. The van der Waals surface area contributed by atoms with E-state index in [-0.39, 0.29) is 44.3 Å². The zero-order valence-electron chi connectivity index (χ0n) is 17.6. The number of halogens is 2. The number of hydrogen-bond donors (Lipinski definition) is 2. The molecule has 3 rings (SSSR count). The predicted molar refractivity (Wildman–Crippen MR) is 122 cm³/mol. The van der Waals surface area contributed by atoms with E-state index in [0.717, 1.165) is 4.90 Å². The van der Waals surface area contributed by atoms with Crippen LogP contribution in [0.2, 0.25) is 5.02 Å². The van der Waals surface area contributed by atoms with Crippen LogP contribution in [0.4, 0.5) is 10.2 Å². The van der Waals surface area contributed by atoms with E-state index in [0.29, 0.717) is 17.1 Å². The number of aliphatic hydroxyl groups is 1. The predicted octanol–water partition coefficient (Wildman–Crippen LogP) is 4.78. The number of aliphatic hydroxyl groups excluding tert-OH is 1. The second-order valence-corrected chi connectivity index (χ2v) is 11.1. The molecule has 1 unspecified atom stereocenters. The van der Waals surface area contributed by atoms with E-state index < -0.39 is 5.95 Å². The summed E-state index contributed by atoms with van der Waals surface area (Å²) in [6.45, 7) is 10.2. The lowest BCUT2D eigenvalue weighted by Gasteiger charge is -2.27. The number of fused-ring (bicyclic) bond motifs is 1. The van der Waals surface area contributed by atoms with Crippen LogP contribution in [-0.2, 0) is 0 Å². The lowest BCUT2D eigenvalue weighted by Crippen LogP contribution is -2.18. The molecule has 0 aliphatic carbocycles. The second kappa shape index (κ2) is 8.53. The molecule has 0 aliphatic rings. The Balaban J connectivity index is 2.29. The SMILES string of the molecule is C/C=S(/c1cn2c(-c3cc(Cl)c(N)nc3F)cnc2cc1O[C@H](C)CO)C(C)(C)C. The Hall–Kier alpha value is -2.16. The fourth-order valence-electron chi connectivity index (χ4n) is 3.17. The Labute approximate surface area is 182 Å².